The summed E-state index contributed by atoms with van der Waals surface area (Å²) in [5.74, 6) is -0.350. The van der Waals surface area contributed by atoms with Crippen molar-refractivity contribution in [3.63, 3.8) is 0 Å². The number of primary amides is 1. The van der Waals surface area contributed by atoms with Crippen LogP contribution in [0.15, 0.2) is 29.4 Å². The lowest BCUT2D eigenvalue weighted by Crippen LogP contribution is -2.13. The van der Waals surface area contributed by atoms with Crippen molar-refractivity contribution >= 4 is 17.2 Å². The van der Waals surface area contributed by atoms with Crippen LogP contribution in [0.2, 0.25) is 0 Å². The molecule has 0 spiro atoms. The molecular weight excluding hydrogens is 332 g/mol. The summed E-state index contributed by atoms with van der Waals surface area (Å²) in [5, 5.41) is 4.14. The van der Waals surface area contributed by atoms with Gasteiger partial charge in [-0.2, -0.15) is 11.3 Å². The standard InChI is InChI=1S/C19H24N4OS/c1-3-4-5-16-18(14-7-9-25-11-14)17(19(20)24)13(2)23(16)8-6-15-10-21-12-22-15/h7,9-12H,3-6,8H2,1-2H3,(H2,20,24)(H,21,22). The minimum atomic E-state index is -0.350. The number of hydrogen-bond acceptors (Lipinski definition) is 3. The number of nitrogens with two attached hydrogens (primary N) is 1. The Morgan fingerprint density at radius 3 is 2.84 bits per heavy atom. The van der Waals surface area contributed by atoms with Gasteiger partial charge in [0.1, 0.15) is 0 Å². The van der Waals surface area contributed by atoms with Gasteiger partial charge in [0.15, 0.2) is 0 Å². The normalized spacial score (nSPS) is 11.1. The van der Waals surface area contributed by atoms with Crippen molar-refractivity contribution in [3.05, 3.63) is 52.0 Å². The lowest BCUT2D eigenvalue weighted by molar-refractivity contribution is 0.1000. The second-order valence-corrected chi connectivity index (χ2v) is 7.02. The molecule has 0 aromatic carbocycles. The number of carbonyl (C=O) groups is 1. The topological polar surface area (TPSA) is 76.7 Å². The predicted molar refractivity (Wildman–Crippen MR) is 102 cm³/mol. The number of carbonyl (C=O) groups excluding carboxylic acids is 1. The Bertz CT molecular complexity index is 832. The molecule has 132 valence electrons. The fourth-order valence-corrected chi connectivity index (χ4v) is 4.02. The Labute approximate surface area is 151 Å². The summed E-state index contributed by atoms with van der Waals surface area (Å²) >= 11 is 1.64. The largest absolute Gasteiger partial charge is 0.366 e. The number of amides is 1. The van der Waals surface area contributed by atoms with Crippen LogP contribution in [0.25, 0.3) is 11.1 Å². The van der Waals surface area contributed by atoms with Crippen LogP contribution < -0.4 is 5.73 Å². The number of unbranched alkanes of at least 4 members (excludes halogenated alkanes) is 1. The fraction of sp³-hybridized carbons (Fsp3) is 0.368. The Morgan fingerprint density at radius 2 is 2.24 bits per heavy atom. The van der Waals surface area contributed by atoms with Crippen LogP contribution in [0.1, 0.15) is 47.2 Å². The molecule has 0 unspecified atom stereocenters. The number of aromatic nitrogens is 3. The van der Waals surface area contributed by atoms with E-state index in [2.05, 4.69) is 32.9 Å². The first-order valence-electron chi connectivity index (χ1n) is 8.65. The molecule has 6 heteroatoms. The second-order valence-electron chi connectivity index (χ2n) is 6.24. The highest BCUT2D eigenvalue weighted by atomic mass is 32.1. The molecule has 3 aromatic heterocycles. The highest BCUT2D eigenvalue weighted by Gasteiger charge is 2.24. The van der Waals surface area contributed by atoms with Crippen LogP contribution in [-0.4, -0.2) is 20.4 Å². The molecule has 1 amide bonds. The average Bonchev–Trinajstić information content (AvgIpc) is 3.32. The number of aryl methyl sites for hydroxylation is 1. The number of nitrogens with zero attached hydrogens (tertiary/aromatic N) is 2. The summed E-state index contributed by atoms with van der Waals surface area (Å²) in [4.78, 5) is 19.4. The van der Waals surface area contributed by atoms with Crippen LogP contribution in [0, 0.1) is 6.92 Å². The Balaban J connectivity index is 2.08. The Kier molecular flexibility index (Phi) is 5.38. The van der Waals surface area contributed by atoms with Crippen LogP contribution in [-0.2, 0) is 19.4 Å². The maximum atomic E-state index is 12.2. The number of nitrogens with one attached hydrogen (secondary N) is 1. The number of rotatable bonds is 8. The van der Waals surface area contributed by atoms with E-state index in [9.17, 15) is 4.79 Å². The van der Waals surface area contributed by atoms with Crippen molar-refractivity contribution in [1.29, 1.82) is 0 Å². The maximum absolute atomic E-state index is 12.2. The van der Waals surface area contributed by atoms with E-state index >= 15 is 0 Å². The molecule has 3 aromatic rings. The van der Waals surface area contributed by atoms with Gasteiger partial charge in [-0.05, 0) is 42.2 Å². The monoisotopic (exact) mass is 356 g/mol. The molecule has 25 heavy (non-hydrogen) atoms. The molecule has 0 radical (unpaired) electrons. The summed E-state index contributed by atoms with van der Waals surface area (Å²) in [5.41, 5.74) is 11.8. The quantitative estimate of drug-likeness (QED) is 0.641. The van der Waals surface area contributed by atoms with Crippen molar-refractivity contribution in [2.75, 3.05) is 0 Å². The van der Waals surface area contributed by atoms with Gasteiger partial charge in [-0.3, -0.25) is 4.79 Å². The van der Waals surface area contributed by atoms with Crippen molar-refractivity contribution in [2.45, 2.75) is 46.1 Å². The maximum Gasteiger partial charge on any atom is 0.251 e. The molecule has 5 nitrogen and oxygen atoms in total. The SMILES string of the molecule is CCCCc1c(-c2ccsc2)c(C(N)=O)c(C)n1CCc1cnc[nH]1. The fourth-order valence-electron chi connectivity index (χ4n) is 3.38. The zero-order chi connectivity index (χ0) is 17.8. The highest BCUT2D eigenvalue weighted by Crippen LogP contribution is 2.35. The molecule has 0 aliphatic rings. The third-order valence-corrected chi connectivity index (χ3v) is 5.30. The minimum absolute atomic E-state index is 0.350. The summed E-state index contributed by atoms with van der Waals surface area (Å²) in [6.07, 6.45) is 7.53. The molecule has 3 heterocycles. The van der Waals surface area contributed by atoms with E-state index in [4.69, 9.17) is 5.73 Å². The smallest absolute Gasteiger partial charge is 0.251 e. The first kappa shape index (κ1) is 17.5. The van der Waals surface area contributed by atoms with Crippen LogP contribution in [0.3, 0.4) is 0 Å². The minimum Gasteiger partial charge on any atom is -0.366 e. The lowest BCUT2D eigenvalue weighted by Gasteiger charge is -2.12. The number of aromatic amines is 1. The van der Waals surface area contributed by atoms with E-state index < -0.39 is 0 Å². The summed E-state index contributed by atoms with van der Waals surface area (Å²) in [6, 6.07) is 2.07. The van der Waals surface area contributed by atoms with E-state index in [1.807, 2.05) is 18.5 Å². The van der Waals surface area contributed by atoms with E-state index in [-0.39, 0.29) is 5.91 Å². The molecule has 3 rings (SSSR count). The third-order valence-electron chi connectivity index (χ3n) is 4.61. The Morgan fingerprint density at radius 1 is 1.40 bits per heavy atom. The van der Waals surface area contributed by atoms with Crippen LogP contribution in [0.5, 0.6) is 0 Å². The zero-order valence-corrected chi connectivity index (χ0v) is 15.5. The third kappa shape index (κ3) is 3.54. The first-order valence-corrected chi connectivity index (χ1v) is 9.59. The lowest BCUT2D eigenvalue weighted by atomic mass is 10.00. The van der Waals surface area contributed by atoms with E-state index in [0.717, 1.165) is 54.7 Å². The van der Waals surface area contributed by atoms with Gasteiger partial charge in [-0.25, -0.2) is 4.98 Å². The van der Waals surface area contributed by atoms with E-state index in [1.165, 1.54) is 5.69 Å². The summed E-state index contributed by atoms with van der Waals surface area (Å²) < 4.78 is 2.27. The van der Waals surface area contributed by atoms with Gasteiger partial charge >= 0.3 is 0 Å². The molecule has 0 atom stereocenters. The highest BCUT2D eigenvalue weighted by molar-refractivity contribution is 7.08. The van der Waals surface area contributed by atoms with Crippen LogP contribution in [0.4, 0.5) is 0 Å². The van der Waals surface area contributed by atoms with Gasteiger partial charge in [-0.15, -0.1) is 0 Å². The van der Waals surface area contributed by atoms with E-state index in [0.29, 0.717) is 5.56 Å². The average molecular weight is 356 g/mol. The molecule has 0 bridgehead atoms. The molecule has 0 saturated heterocycles. The molecule has 0 fully saturated rings. The summed E-state index contributed by atoms with van der Waals surface area (Å²) in [6.45, 7) is 4.99. The van der Waals surface area contributed by atoms with Crippen molar-refractivity contribution in [3.8, 4) is 11.1 Å². The van der Waals surface area contributed by atoms with Gasteiger partial charge in [0.25, 0.3) is 5.91 Å². The summed E-state index contributed by atoms with van der Waals surface area (Å²) in [7, 11) is 0. The number of hydrogen-bond donors (Lipinski definition) is 2. The molecule has 3 N–H and O–H groups in total. The number of thiophene rings is 1. The second kappa shape index (κ2) is 7.70. The predicted octanol–water partition coefficient (Wildman–Crippen LogP) is 3.93. The number of H-pyrrole nitrogens is 1. The van der Waals surface area contributed by atoms with Crippen molar-refractivity contribution in [2.24, 2.45) is 5.73 Å². The van der Waals surface area contributed by atoms with E-state index in [1.54, 1.807) is 17.7 Å². The van der Waals surface area contributed by atoms with Crippen molar-refractivity contribution < 1.29 is 4.79 Å². The van der Waals surface area contributed by atoms with Gasteiger partial charge < -0.3 is 15.3 Å². The zero-order valence-electron chi connectivity index (χ0n) is 14.7. The Hall–Kier alpha value is -2.34. The molecule has 0 aliphatic carbocycles. The van der Waals surface area contributed by atoms with Crippen molar-refractivity contribution in [1.82, 2.24) is 14.5 Å². The molecule has 0 saturated carbocycles. The van der Waals surface area contributed by atoms with Crippen LogP contribution >= 0.6 is 11.3 Å². The van der Waals surface area contributed by atoms with Gasteiger partial charge in [0.05, 0.1) is 11.9 Å². The first-order chi connectivity index (χ1) is 12.1. The molecular formula is C19H24N4OS. The van der Waals surface area contributed by atoms with Gasteiger partial charge in [0, 0.05) is 41.8 Å². The number of imidazole rings is 1. The van der Waals surface area contributed by atoms with Gasteiger partial charge in [0.2, 0.25) is 0 Å². The molecule has 0 aliphatic heterocycles. The van der Waals surface area contributed by atoms with Gasteiger partial charge in [-0.1, -0.05) is 13.3 Å².